The summed E-state index contributed by atoms with van der Waals surface area (Å²) >= 11 is 0. The van der Waals surface area contributed by atoms with E-state index in [2.05, 4.69) is 10.1 Å². The number of carbonyl (C=O) groups excluding carboxylic acids is 1. The van der Waals surface area contributed by atoms with E-state index < -0.39 is 6.03 Å². The van der Waals surface area contributed by atoms with E-state index in [0.29, 0.717) is 5.56 Å². The Morgan fingerprint density at radius 2 is 2.00 bits per heavy atom. The molecule has 75 valence electrons. The average molecular weight is 205 g/mol. The van der Waals surface area contributed by atoms with Crippen LogP contribution in [0.5, 0.6) is 0 Å². The highest BCUT2D eigenvalue weighted by atomic mass is 19.1. The fraction of sp³-hybridized carbons (Fsp3) is 0. The SMILES string of the molecule is [NH]C(=O)n1cnc(-c2ccc(F)cc2)n1. The van der Waals surface area contributed by atoms with Gasteiger partial charge in [0, 0.05) is 5.56 Å². The minimum atomic E-state index is -0.962. The van der Waals surface area contributed by atoms with Gasteiger partial charge in [0.05, 0.1) is 0 Å². The molecule has 2 rings (SSSR count). The maximum absolute atomic E-state index is 12.6. The fourth-order valence-electron chi connectivity index (χ4n) is 1.09. The van der Waals surface area contributed by atoms with Crippen LogP contribution in [-0.2, 0) is 0 Å². The lowest BCUT2D eigenvalue weighted by Crippen LogP contribution is -2.10. The summed E-state index contributed by atoms with van der Waals surface area (Å²) in [5.74, 6) is -0.0645. The van der Waals surface area contributed by atoms with Crippen molar-refractivity contribution in [3.05, 3.63) is 36.4 Å². The van der Waals surface area contributed by atoms with Crippen LogP contribution in [0, 0.1) is 5.82 Å². The molecule has 1 N–H and O–H groups in total. The Morgan fingerprint density at radius 3 is 2.53 bits per heavy atom. The Balaban J connectivity index is 2.37. The monoisotopic (exact) mass is 205 g/mol. The number of carbonyl (C=O) groups is 1. The summed E-state index contributed by atoms with van der Waals surface area (Å²) < 4.78 is 13.4. The van der Waals surface area contributed by atoms with Gasteiger partial charge in [-0.2, -0.15) is 4.68 Å². The highest BCUT2D eigenvalue weighted by Gasteiger charge is 2.06. The number of nitrogens with zero attached hydrogens (tertiary/aromatic N) is 3. The second kappa shape index (κ2) is 3.49. The molecule has 0 saturated heterocycles. The topological polar surface area (TPSA) is 71.6 Å². The van der Waals surface area contributed by atoms with Gasteiger partial charge in [0.15, 0.2) is 5.82 Å². The van der Waals surface area contributed by atoms with E-state index >= 15 is 0 Å². The lowest BCUT2D eigenvalue weighted by atomic mass is 10.2. The van der Waals surface area contributed by atoms with Crippen molar-refractivity contribution in [2.75, 3.05) is 0 Å². The number of halogens is 1. The molecule has 0 aliphatic rings. The van der Waals surface area contributed by atoms with Gasteiger partial charge in [-0.15, -0.1) is 5.10 Å². The van der Waals surface area contributed by atoms with Gasteiger partial charge in [-0.05, 0) is 24.3 Å². The van der Waals surface area contributed by atoms with Gasteiger partial charge in [-0.25, -0.2) is 19.9 Å². The molecule has 1 amide bonds. The Hall–Kier alpha value is -2.24. The third-order valence-corrected chi connectivity index (χ3v) is 1.80. The Morgan fingerprint density at radius 1 is 1.33 bits per heavy atom. The van der Waals surface area contributed by atoms with Crippen LogP contribution in [-0.4, -0.2) is 20.8 Å². The second-order valence-corrected chi connectivity index (χ2v) is 2.82. The van der Waals surface area contributed by atoms with Gasteiger partial charge < -0.3 is 0 Å². The molecule has 0 bridgehead atoms. The van der Waals surface area contributed by atoms with E-state index in [-0.39, 0.29) is 11.6 Å². The molecule has 0 unspecified atom stereocenters. The average Bonchev–Trinajstić information content (AvgIpc) is 2.68. The van der Waals surface area contributed by atoms with Crippen LogP contribution in [0.4, 0.5) is 9.18 Å². The largest absolute Gasteiger partial charge is 0.362 e. The molecule has 1 heterocycles. The smallest absolute Gasteiger partial charge is 0.246 e. The summed E-state index contributed by atoms with van der Waals surface area (Å²) in [6.07, 6.45) is 1.15. The van der Waals surface area contributed by atoms with Crippen molar-refractivity contribution in [3.8, 4) is 11.4 Å². The van der Waals surface area contributed by atoms with Crippen molar-refractivity contribution in [3.63, 3.8) is 0 Å². The van der Waals surface area contributed by atoms with Gasteiger partial charge in [-0.3, -0.25) is 0 Å². The van der Waals surface area contributed by atoms with E-state index in [9.17, 15) is 9.18 Å². The third-order valence-electron chi connectivity index (χ3n) is 1.80. The van der Waals surface area contributed by atoms with Crippen LogP contribution >= 0.6 is 0 Å². The van der Waals surface area contributed by atoms with E-state index in [1.165, 1.54) is 24.3 Å². The molecule has 0 atom stereocenters. The molecular formula is C9H6FN4O. The van der Waals surface area contributed by atoms with Gasteiger partial charge in [0.1, 0.15) is 12.1 Å². The van der Waals surface area contributed by atoms with Crippen LogP contribution < -0.4 is 5.73 Å². The fourth-order valence-corrected chi connectivity index (χ4v) is 1.09. The van der Waals surface area contributed by atoms with Crippen molar-refractivity contribution in [2.24, 2.45) is 0 Å². The van der Waals surface area contributed by atoms with Crippen LogP contribution in [0.2, 0.25) is 0 Å². The van der Waals surface area contributed by atoms with Crippen molar-refractivity contribution >= 4 is 6.03 Å². The van der Waals surface area contributed by atoms with Crippen molar-refractivity contribution in [1.29, 1.82) is 0 Å². The van der Waals surface area contributed by atoms with Crippen molar-refractivity contribution in [1.82, 2.24) is 20.5 Å². The minimum absolute atomic E-state index is 0.288. The summed E-state index contributed by atoms with van der Waals surface area (Å²) in [5, 5.41) is 3.76. The summed E-state index contributed by atoms with van der Waals surface area (Å²) in [6, 6.07) is 4.60. The Kier molecular flexibility index (Phi) is 2.17. The van der Waals surface area contributed by atoms with Gasteiger partial charge in [0.25, 0.3) is 0 Å². The molecule has 0 fully saturated rings. The van der Waals surface area contributed by atoms with E-state index in [1.807, 2.05) is 0 Å². The zero-order chi connectivity index (χ0) is 10.8. The minimum Gasteiger partial charge on any atom is -0.246 e. The van der Waals surface area contributed by atoms with Crippen molar-refractivity contribution < 1.29 is 9.18 Å². The molecule has 5 nitrogen and oxygen atoms in total. The molecule has 1 aromatic carbocycles. The first-order valence-corrected chi connectivity index (χ1v) is 4.10. The molecule has 1 radical (unpaired) electrons. The zero-order valence-electron chi connectivity index (χ0n) is 7.51. The highest BCUT2D eigenvalue weighted by Crippen LogP contribution is 2.14. The van der Waals surface area contributed by atoms with E-state index in [1.54, 1.807) is 0 Å². The number of nitrogens with one attached hydrogen (secondary N) is 1. The van der Waals surface area contributed by atoms with Gasteiger partial charge in [-0.1, -0.05) is 0 Å². The van der Waals surface area contributed by atoms with E-state index in [4.69, 9.17) is 5.73 Å². The lowest BCUT2D eigenvalue weighted by Gasteiger charge is -1.93. The summed E-state index contributed by atoms with van der Waals surface area (Å²) in [7, 11) is 0. The second-order valence-electron chi connectivity index (χ2n) is 2.82. The number of rotatable bonds is 1. The maximum atomic E-state index is 12.6. The number of amides is 1. The molecule has 2 aromatic rings. The standard InChI is InChI=1S/C9H6FN4O/c10-7-3-1-6(2-4-7)8-12-5-14(13-8)9(11)15/h1-5,11H. The summed E-state index contributed by atoms with van der Waals surface area (Å²) in [4.78, 5) is 14.4. The molecule has 0 saturated carbocycles. The predicted octanol–water partition coefficient (Wildman–Crippen LogP) is 1.34. The number of hydrogen-bond acceptors (Lipinski definition) is 3. The van der Waals surface area contributed by atoms with E-state index in [0.717, 1.165) is 11.0 Å². The van der Waals surface area contributed by atoms with Gasteiger partial charge in [0.2, 0.25) is 0 Å². The number of aromatic nitrogens is 3. The maximum Gasteiger partial charge on any atom is 0.362 e. The molecule has 6 heteroatoms. The first-order valence-electron chi connectivity index (χ1n) is 4.10. The Labute approximate surface area is 84.3 Å². The quantitative estimate of drug-likeness (QED) is 0.705. The summed E-state index contributed by atoms with van der Waals surface area (Å²) in [6.45, 7) is 0. The summed E-state index contributed by atoms with van der Waals surface area (Å²) in [5.41, 5.74) is 7.38. The molecule has 0 spiro atoms. The predicted molar refractivity (Wildman–Crippen MR) is 49.3 cm³/mol. The van der Waals surface area contributed by atoms with Crippen LogP contribution in [0.1, 0.15) is 0 Å². The molecular weight excluding hydrogens is 199 g/mol. The van der Waals surface area contributed by atoms with Crippen molar-refractivity contribution in [2.45, 2.75) is 0 Å². The molecule has 1 aromatic heterocycles. The number of hydrogen-bond donors (Lipinski definition) is 0. The zero-order valence-corrected chi connectivity index (χ0v) is 7.51. The first-order chi connectivity index (χ1) is 7.16. The molecule has 15 heavy (non-hydrogen) atoms. The molecule has 0 aliphatic carbocycles. The third kappa shape index (κ3) is 1.83. The van der Waals surface area contributed by atoms with Crippen LogP contribution in [0.25, 0.3) is 11.4 Å². The van der Waals surface area contributed by atoms with Crippen LogP contribution in [0.3, 0.4) is 0 Å². The Bertz CT molecular complexity index is 491. The number of benzene rings is 1. The lowest BCUT2D eigenvalue weighted by molar-refractivity contribution is 0.246. The normalized spacial score (nSPS) is 10.2. The first kappa shape index (κ1) is 9.32. The molecule has 0 aliphatic heterocycles. The highest BCUT2D eigenvalue weighted by molar-refractivity contribution is 5.73. The van der Waals surface area contributed by atoms with Gasteiger partial charge >= 0.3 is 6.03 Å². The van der Waals surface area contributed by atoms with Crippen LogP contribution in [0.15, 0.2) is 30.6 Å².